The van der Waals surface area contributed by atoms with E-state index >= 15 is 0 Å². The molecule has 0 fully saturated rings. The lowest BCUT2D eigenvalue weighted by Crippen LogP contribution is -2.17. The van der Waals surface area contributed by atoms with Gasteiger partial charge in [-0.05, 0) is 13.8 Å². The highest BCUT2D eigenvalue weighted by molar-refractivity contribution is 5.74. The predicted molar refractivity (Wildman–Crippen MR) is 48.2 cm³/mol. The Kier molecular flexibility index (Phi) is 3.47. The zero-order valence-corrected chi connectivity index (χ0v) is 7.78. The number of allylic oxidation sites excluding steroid dienone is 1. The molecule has 1 atom stereocenters. The molecule has 0 N–H and O–H groups in total. The van der Waals surface area contributed by atoms with Crippen LogP contribution in [0.5, 0.6) is 0 Å². The minimum absolute atomic E-state index is 0.278. The van der Waals surface area contributed by atoms with Crippen LogP contribution in [-0.2, 0) is 9.47 Å². The molecule has 13 heavy (non-hydrogen) atoms. The van der Waals surface area contributed by atoms with Crippen LogP contribution in [0.25, 0.3) is 0 Å². The first-order valence-electron chi connectivity index (χ1n) is 4.26. The largest absolute Gasteiger partial charge is 0.492 e. The van der Waals surface area contributed by atoms with Gasteiger partial charge in [-0.25, -0.2) is 4.99 Å². The van der Waals surface area contributed by atoms with Gasteiger partial charge in [0.05, 0.1) is 6.61 Å². The SMILES string of the molecule is CCOC1=C(C#N)N=CC1OCC. The molecule has 0 aliphatic carbocycles. The van der Waals surface area contributed by atoms with Gasteiger partial charge in [-0.3, -0.25) is 0 Å². The van der Waals surface area contributed by atoms with Gasteiger partial charge in [-0.2, -0.15) is 5.26 Å². The highest BCUT2D eigenvalue weighted by Crippen LogP contribution is 2.19. The molecule has 1 aliphatic heterocycles. The van der Waals surface area contributed by atoms with Crippen molar-refractivity contribution in [2.24, 2.45) is 4.99 Å². The van der Waals surface area contributed by atoms with Crippen LogP contribution in [-0.4, -0.2) is 25.5 Å². The second kappa shape index (κ2) is 4.63. The molecule has 1 aliphatic rings. The molecule has 0 saturated carbocycles. The van der Waals surface area contributed by atoms with Crippen molar-refractivity contribution in [3.8, 4) is 6.07 Å². The minimum Gasteiger partial charge on any atom is -0.492 e. The Balaban J connectivity index is 2.75. The number of nitrogens with zero attached hydrogens (tertiary/aromatic N) is 2. The van der Waals surface area contributed by atoms with Gasteiger partial charge in [0.25, 0.3) is 0 Å². The Morgan fingerprint density at radius 3 is 2.85 bits per heavy atom. The zero-order valence-electron chi connectivity index (χ0n) is 7.78. The lowest BCUT2D eigenvalue weighted by atomic mass is 10.3. The average Bonchev–Trinajstić information content (AvgIpc) is 2.50. The van der Waals surface area contributed by atoms with Crippen LogP contribution >= 0.6 is 0 Å². The second-order valence-corrected chi connectivity index (χ2v) is 2.41. The summed E-state index contributed by atoms with van der Waals surface area (Å²) in [4.78, 5) is 3.90. The topological polar surface area (TPSA) is 54.6 Å². The maximum atomic E-state index is 8.69. The number of hydrogen-bond donors (Lipinski definition) is 0. The van der Waals surface area contributed by atoms with Gasteiger partial charge in [0, 0.05) is 12.8 Å². The monoisotopic (exact) mass is 180 g/mol. The molecule has 70 valence electrons. The van der Waals surface area contributed by atoms with Crippen LogP contribution in [0, 0.1) is 11.3 Å². The standard InChI is InChI=1S/C9H12N2O2/c1-3-12-8-6-11-7(5-10)9(8)13-4-2/h6,8H,3-4H2,1-2H3. The van der Waals surface area contributed by atoms with Crippen LogP contribution < -0.4 is 0 Å². The van der Waals surface area contributed by atoms with E-state index in [-0.39, 0.29) is 6.10 Å². The molecule has 0 amide bonds. The number of rotatable bonds is 4. The summed E-state index contributed by atoms with van der Waals surface area (Å²) in [7, 11) is 0. The van der Waals surface area contributed by atoms with Crippen LogP contribution in [0.4, 0.5) is 0 Å². The summed E-state index contributed by atoms with van der Waals surface area (Å²) in [6, 6.07) is 1.96. The molecule has 1 unspecified atom stereocenters. The van der Waals surface area contributed by atoms with Gasteiger partial charge in [0.1, 0.15) is 6.07 Å². The van der Waals surface area contributed by atoms with E-state index in [0.717, 1.165) is 0 Å². The van der Waals surface area contributed by atoms with Crippen LogP contribution in [0.2, 0.25) is 0 Å². The minimum atomic E-state index is -0.278. The van der Waals surface area contributed by atoms with Crippen molar-refractivity contribution in [3.05, 3.63) is 11.5 Å². The first kappa shape index (κ1) is 9.75. The van der Waals surface area contributed by atoms with Gasteiger partial charge in [0.15, 0.2) is 17.6 Å². The van der Waals surface area contributed by atoms with E-state index in [9.17, 15) is 0 Å². The average molecular weight is 180 g/mol. The normalized spacial score (nSPS) is 20.5. The molecule has 0 saturated heterocycles. The molecule has 1 rings (SSSR count). The van der Waals surface area contributed by atoms with Crippen molar-refractivity contribution >= 4 is 6.21 Å². The predicted octanol–water partition coefficient (Wildman–Crippen LogP) is 1.25. The quantitative estimate of drug-likeness (QED) is 0.654. The molecule has 1 heterocycles. The van der Waals surface area contributed by atoms with E-state index < -0.39 is 0 Å². The first-order valence-corrected chi connectivity index (χ1v) is 4.26. The van der Waals surface area contributed by atoms with Gasteiger partial charge in [-0.15, -0.1) is 0 Å². The Hall–Kier alpha value is -1.34. The van der Waals surface area contributed by atoms with E-state index in [1.165, 1.54) is 0 Å². The molecular formula is C9H12N2O2. The number of nitriles is 1. The van der Waals surface area contributed by atoms with E-state index in [2.05, 4.69) is 4.99 Å². The summed E-state index contributed by atoms with van der Waals surface area (Å²) in [5.41, 5.74) is 0.320. The summed E-state index contributed by atoms with van der Waals surface area (Å²) in [6.45, 7) is 4.85. The van der Waals surface area contributed by atoms with Crippen LogP contribution in [0.3, 0.4) is 0 Å². The van der Waals surface area contributed by atoms with E-state index in [1.807, 2.05) is 19.9 Å². The van der Waals surface area contributed by atoms with Gasteiger partial charge < -0.3 is 9.47 Å². The van der Waals surface area contributed by atoms with Crippen molar-refractivity contribution in [2.75, 3.05) is 13.2 Å². The van der Waals surface area contributed by atoms with Gasteiger partial charge in [0.2, 0.25) is 0 Å². The zero-order chi connectivity index (χ0) is 9.68. The summed E-state index contributed by atoms with van der Waals surface area (Å²) in [5.74, 6) is 0.534. The van der Waals surface area contributed by atoms with Crippen molar-refractivity contribution < 1.29 is 9.47 Å². The Bertz CT molecular complexity index is 276. The van der Waals surface area contributed by atoms with Crippen LogP contribution in [0.15, 0.2) is 16.4 Å². The third kappa shape index (κ3) is 2.07. The molecule has 4 heteroatoms. The Labute approximate surface area is 77.5 Å². The summed E-state index contributed by atoms with van der Waals surface area (Å²) in [6.07, 6.45) is 1.31. The van der Waals surface area contributed by atoms with Crippen molar-refractivity contribution in [1.29, 1.82) is 5.26 Å². The summed E-state index contributed by atoms with van der Waals surface area (Å²) < 4.78 is 10.6. The lowest BCUT2D eigenvalue weighted by molar-refractivity contribution is 0.0810. The van der Waals surface area contributed by atoms with Crippen molar-refractivity contribution in [3.63, 3.8) is 0 Å². The summed E-state index contributed by atoms with van der Waals surface area (Å²) in [5, 5.41) is 8.69. The fourth-order valence-electron chi connectivity index (χ4n) is 1.10. The lowest BCUT2D eigenvalue weighted by Gasteiger charge is -2.12. The molecule has 0 spiro atoms. The third-order valence-corrected chi connectivity index (χ3v) is 1.58. The number of hydrogen-bond acceptors (Lipinski definition) is 4. The molecule has 0 radical (unpaired) electrons. The second-order valence-electron chi connectivity index (χ2n) is 2.41. The Morgan fingerprint density at radius 2 is 2.31 bits per heavy atom. The van der Waals surface area contributed by atoms with Gasteiger partial charge >= 0.3 is 0 Å². The molecular weight excluding hydrogens is 168 g/mol. The van der Waals surface area contributed by atoms with E-state index in [0.29, 0.717) is 24.7 Å². The maximum absolute atomic E-state index is 8.69. The molecule has 0 bridgehead atoms. The van der Waals surface area contributed by atoms with Gasteiger partial charge in [-0.1, -0.05) is 0 Å². The fraction of sp³-hybridized carbons (Fsp3) is 0.556. The smallest absolute Gasteiger partial charge is 0.181 e. The van der Waals surface area contributed by atoms with E-state index in [4.69, 9.17) is 14.7 Å². The molecule has 4 nitrogen and oxygen atoms in total. The maximum Gasteiger partial charge on any atom is 0.181 e. The fourth-order valence-corrected chi connectivity index (χ4v) is 1.10. The Morgan fingerprint density at radius 1 is 1.54 bits per heavy atom. The molecule has 0 aromatic carbocycles. The van der Waals surface area contributed by atoms with Crippen molar-refractivity contribution in [1.82, 2.24) is 0 Å². The van der Waals surface area contributed by atoms with Crippen LogP contribution in [0.1, 0.15) is 13.8 Å². The third-order valence-electron chi connectivity index (χ3n) is 1.58. The highest BCUT2D eigenvalue weighted by atomic mass is 16.5. The van der Waals surface area contributed by atoms with E-state index in [1.54, 1.807) is 6.21 Å². The van der Waals surface area contributed by atoms with Crippen molar-refractivity contribution in [2.45, 2.75) is 20.0 Å². The first-order chi connectivity index (χ1) is 6.33. The highest BCUT2D eigenvalue weighted by Gasteiger charge is 2.23. The molecule has 0 aromatic rings. The summed E-state index contributed by atoms with van der Waals surface area (Å²) >= 11 is 0. The number of aliphatic imine (C=N–C) groups is 1. The number of ether oxygens (including phenoxy) is 2. The molecule has 0 aromatic heterocycles.